The smallest absolute Gasteiger partial charge is 0.340 e. The second kappa shape index (κ2) is 8.07. The quantitative estimate of drug-likeness (QED) is 0.771. The third-order valence-corrected chi connectivity index (χ3v) is 6.56. The summed E-state index contributed by atoms with van der Waals surface area (Å²) in [4.78, 5) is 13.8. The van der Waals surface area contributed by atoms with Crippen LogP contribution in [0.4, 0.5) is 0 Å². The van der Waals surface area contributed by atoms with Gasteiger partial charge in [0.2, 0.25) is 0 Å². The summed E-state index contributed by atoms with van der Waals surface area (Å²) in [5, 5.41) is 29.1. The van der Waals surface area contributed by atoms with E-state index in [-0.39, 0.29) is 12.0 Å². The fourth-order valence-corrected chi connectivity index (χ4v) is 4.95. The molecule has 2 heterocycles. The van der Waals surface area contributed by atoms with Gasteiger partial charge in [-0.2, -0.15) is 0 Å². The van der Waals surface area contributed by atoms with Crippen molar-refractivity contribution in [3.63, 3.8) is 0 Å². The Bertz CT molecular complexity index is 587. The molecule has 4 rings (SSSR count). The fraction of sp³-hybridized carbons (Fsp3) is 0.667. The largest absolute Gasteiger partial charge is 0.479 e. The van der Waals surface area contributed by atoms with Gasteiger partial charge in [-0.1, -0.05) is 43.2 Å². The highest BCUT2D eigenvalue weighted by atomic mass is 16.4. The van der Waals surface area contributed by atoms with Gasteiger partial charge in [-0.05, 0) is 51.1 Å². The molecule has 3 N–H and O–H groups in total. The Kier molecular flexibility index (Phi) is 6.00. The molecule has 2 unspecified atom stereocenters. The zero-order valence-corrected chi connectivity index (χ0v) is 15.6. The summed E-state index contributed by atoms with van der Waals surface area (Å²) in [6, 6.07) is 10.1. The molecule has 5 nitrogen and oxygen atoms in total. The van der Waals surface area contributed by atoms with Crippen LogP contribution in [0.3, 0.4) is 0 Å². The number of aliphatic hydroxyl groups is 2. The highest BCUT2D eigenvalue weighted by Crippen LogP contribution is 2.40. The van der Waals surface area contributed by atoms with E-state index in [0.717, 1.165) is 38.5 Å². The monoisotopic (exact) mass is 361 g/mol. The van der Waals surface area contributed by atoms with Crippen LogP contribution in [0, 0.1) is 5.92 Å². The number of nitrogens with zero attached hydrogens (tertiary/aromatic N) is 1. The van der Waals surface area contributed by atoms with Crippen LogP contribution in [0.2, 0.25) is 0 Å². The van der Waals surface area contributed by atoms with Gasteiger partial charge in [0, 0.05) is 18.0 Å². The van der Waals surface area contributed by atoms with Crippen molar-refractivity contribution in [2.24, 2.45) is 5.92 Å². The second-order valence-electron chi connectivity index (χ2n) is 8.09. The van der Waals surface area contributed by atoms with E-state index >= 15 is 0 Å². The number of rotatable bonds is 3. The van der Waals surface area contributed by atoms with Gasteiger partial charge in [-0.25, -0.2) is 4.79 Å². The predicted octanol–water partition coefficient (Wildman–Crippen LogP) is 2.75. The molecule has 144 valence electrons. The van der Waals surface area contributed by atoms with Crippen LogP contribution < -0.4 is 0 Å². The van der Waals surface area contributed by atoms with Crippen molar-refractivity contribution < 1.29 is 20.1 Å². The lowest BCUT2D eigenvalue weighted by atomic mass is 9.80. The van der Waals surface area contributed by atoms with Crippen molar-refractivity contribution in [2.75, 3.05) is 7.05 Å². The van der Waals surface area contributed by atoms with E-state index in [2.05, 4.69) is 11.9 Å². The lowest BCUT2D eigenvalue weighted by molar-refractivity contribution is -0.166. The molecule has 0 spiro atoms. The van der Waals surface area contributed by atoms with Gasteiger partial charge < -0.3 is 20.2 Å². The van der Waals surface area contributed by atoms with Crippen LogP contribution in [0.25, 0.3) is 0 Å². The standard InChI is InChI=1S/C13H16O3.C8H15NO/c14-12(15)13(16,11-8-4-5-9-11)10-6-2-1-3-7-10;1-9-6-2-3-7(9)5-8(10)4-6/h1-3,6-7,11,16H,4-5,8-9H2,(H,14,15);6-8,10H,2-5H2,1H3/t;6-,7+,8?. The minimum atomic E-state index is -1.71. The molecule has 26 heavy (non-hydrogen) atoms. The van der Waals surface area contributed by atoms with Gasteiger partial charge in [0.05, 0.1) is 6.10 Å². The molecular weight excluding hydrogens is 330 g/mol. The molecule has 2 saturated heterocycles. The van der Waals surface area contributed by atoms with Gasteiger partial charge in [0.25, 0.3) is 0 Å². The Morgan fingerprint density at radius 2 is 1.58 bits per heavy atom. The van der Waals surface area contributed by atoms with E-state index < -0.39 is 11.6 Å². The predicted molar refractivity (Wildman–Crippen MR) is 99.7 cm³/mol. The van der Waals surface area contributed by atoms with Crippen LogP contribution in [0.1, 0.15) is 56.9 Å². The van der Waals surface area contributed by atoms with Crippen LogP contribution in [0.15, 0.2) is 30.3 Å². The molecule has 0 amide bonds. The maximum atomic E-state index is 11.4. The van der Waals surface area contributed by atoms with E-state index in [0.29, 0.717) is 17.6 Å². The van der Waals surface area contributed by atoms with Gasteiger partial charge >= 0.3 is 5.97 Å². The van der Waals surface area contributed by atoms with Crippen LogP contribution in [-0.4, -0.2) is 51.4 Å². The summed E-state index contributed by atoms with van der Waals surface area (Å²) in [6.07, 6.45) is 8.21. The van der Waals surface area contributed by atoms with Crippen molar-refractivity contribution in [3.05, 3.63) is 35.9 Å². The Morgan fingerprint density at radius 3 is 2.08 bits per heavy atom. The van der Waals surface area contributed by atoms with Crippen LogP contribution >= 0.6 is 0 Å². The zero-order valence-electron chi connectivity index (χ0n) is 15.6. The molecule has 1 saturated carbocycles. The lowest BCUT2D eigenvalue weighted by Crippen LogP contribution is -2.42. The maximum Gasteiger partial charge on any atom is 0.340 e. The Morgan fingerprint density at radius 1 is 1.04 bits per heavy atom. The molecular formula is C21H31NO4. The molecule has 4 atom stereocenters. The van der Waals surface area contributed by atoms with E-state index in [4.69, 9.17) is 0 Å². The van der Waals surface area contributed by atoms with Crippen molar-refractivity contribution in [1.29, 1.82) is 0 Å². The number of carboxylic acids is 1. The van der Waals surface area contributed by atoms with Gasteiger partial charge in [-0.15, -0.1) is 0 Å². The normalized spacial score (nSPS) is 31.1. The third kappa shape index (κ3) is 3.80. The van der Waals surface area contributed by atoms with Crippen LogP contribution in [0.5, 0.6) is 0 Å². The number of hydrogen-bond donors (Lipinski definition) is 3. The number of aliphatic carboxylic acids is 1. The minimum Gasteiger partial charge on any atom is -0.479 e. The summed E-state index contributed by atoms with van der Waals surface area (Å²) >= 11 is 0. The number of piperidine rings is 1. The summed E-state index contributed by atoms with van der Waals surface area (Å²) in [5.74, 6) is -1.29. The molecule has 1 aromatic rings. The third-order valence-electron chi connectivity index (χ3n) is 6.56. The SMILES string of the molecule is CN1[C@@H]2CC[C@H]1CC(O)C2.O=C(O)C(O)(c1ccccc1)C1CCCC1. The first-order valence-electron chi connectivity index (χ1n) is 9.84. The second-order valence-corrected chi connectivity index (χ2v) is 8.09. The van der Waals surface area contributed by atoms with E-state index in [9.17, 15) is 20.1 Å². The summed E-state index contributed by atoms with van der Waals surface area (Å²) in [7, 11) is 2.19. The first kappa shape index (κ1) is 19.3. The molecule has 1 aromatic carbocycles. The van der Waals surface area contributed by atoms with Crippen molar-refractivity contribution in [2.45, 2.75) is 75.2 Å². The van der Waals surface area contributed by atoms with Gasteiger partial charge in [0.1, 0.15) is 0 Å². The Balaban J connectivity index is 0.000000167. The number of hydrogen-bond acceptors (Lipinski definition) is 4. The van der Waals surface area contributed by atoms with Gasteiger partial charge in [-0.3, -0.25) is 0 Å². The van der Waals surface area contributed by atoms with Gasteiger partial charge in [0.15, 0.2) is 5.60 Å². The van der Waals surface area contributed by atoms with E-state index in [1.54, 1.807) is 24.3 Å². The molecule has 3 aliphatic rings. The number of carbonyl (C=O) groups is 1. The summed E-state index contributed by atoms with van der Waals surface area (Å²) < 4.78 is 0. The molecule has 0 aromatic heterocycles. The van der Waals surface area contributed by atoms with Crippen molar-refractivity contribution >= 4 is 5.97 Å². The number of fused-ring (bicyclic) bond motifs is 2. The maximum absolute atomic E-state index is 11.4. The molecule has 3 fully saturated rings. The highest BCUT2D eigenvalue weighted by molar-refractivity contribution is 5.79. The Hall–Kier alpha value is -1.43. The van der Waals surface area contributed by atoms with E-state index in [1.165, 1.54) is 12.8 Å². The first-order chi connectivity index (χ1) is 12.4. The molecule has 2 aliphatic heterocycles. The number of carboxylic acid groups (broad SMARTS) is 1. The lowest BCUT2D eigenvalue weighted by Gasteiger charge is -2.33. The van der Waals surface area contributed by atoms with Crippen molar-refractivity contribution in [1.82, 2.24) is 4.90 Å². The number of aliphatic hydroxyl groups excluding tert-OH is 1. The molecule has 5 heteroatoms. The fourth-order valence-electron chi connectivity index (χ4n) is 4.95. The Labute approximate surface area is 155 Å². The number of benzene rings is 1. The first-order valence-corrected chi connectivity index (χ1v) is 9.84. The summed E-state index contributed by atoms with van der Waals surface area (Å²) in [6.45, 7) is 0. The van der Waals surface area contributed by atoms with Crippen molar-refractivity contribution in [3.8, 4) is 0 Å². The minimum absolute atomic E-state index is 0.00583. The van der Waals surface area contributed by atoms with Crippen LogP contribution in [-0.2, 0) is 10.4 Å². The average Bonchev–Trinajstić information content (AvgIpc) is 3.23. The zero-order chi connectivity index (χ0) is 18.7. The molecule has 0 radical (unpaired) electrons. The molecule has 1 aliphatic carbocycles. The average molecular weight is 361 g/mol. The summed E-state index contributed by atoms with van der Waals surface area (Å²) in [5.41, 5.74) is -1.22. The topological polar surface area (TPSA) is 81.0 Å². The molecule has 2 bridgehead atoms. The van der Waals surface area contributed by atoms with E-state index in [1.807, 2.05) is 6.07 Å². The highest BCUT2D eigenvalue weighted by Gasteiger charge is 2.46.